The van der Waals surface area contributed by atoms with Gasteiger partial charge in [-0.2, -0.15) is 0 Å². The monoisotopic (exact) mass is 474 g/mol. The number of hydrogen-bond acceptors (Lipinski definition) is 8. The second-order valence-corrected chi connectivity index (χ2v) is 8.52. The number of aromatic amines is 1. The maximum atomic E-state index is 12.5. The molecule has 1 fully saturated rings. The van der Waals surface area contributed by atoms with Crippen LogP contribution in [-0.2, 0) is 14.2 Å². The second-order valence-electron chi connectivity index (χ2n) is 6.23. The van der Waals surface area contributed by atoms with Crippen molar-refractivity contribution in [1.82, 2.24) is 9.55 Å². The van der Waals surface area contributed by atoms with Crippen LogP contribution >= 0.6 is 0 Å². The van der Waals surface area contributed by atoms with Gasteiger partial charge in [0.2, 0.25) is 0 Å². The van der Waals surface area contributed by atoms with E-state index in [-0.39, 0.29) is 26.6 Å². The van der Waals surface area contributed by atoms with Crippen molar-refractivity contribution >= 4 is 24.0 Å². The van der Waals surface area contributed by atoms with Crippen molar-refractivity contribution in [3.63, 3.8) is 0 Å². The number of benzene rings is 1. The van der Waals surface area contributed by atoms with Gasteiger partial charge in [-0.1, -0.05) is 0 Å². The van der Waals surface area contributed by atoms with E-state index in [0.29, 0.717) is 4.59 Å². The first-order valence-electron chi connectivity index (χ1n) is 8.88. The summed E-state index contributed by atoms with van der Waals surface area (Å²) < 4.78 is 18.4. The van der Waals surface area contributed by atoms with Gasteiger partial charge in [0.15, 0.2) is 0 Å². The molecule has 1 aliphatic rings. The van der Waals surface area contributed by atoms with Gasteiger partial charge >= 0.3 is 171 Å². The van der Waals surface area contributed by atoms with Crippen LogP contribution in [0.15, 0.2) is 46.0 Å². The molecule has 0 bridgehead atoms. The molecule has 4 N–H and O–H groups in total. The Labute approximate surface area is 171 Å². The number of nitrogens with zero attached hydrogens (tertiary/aromatic N) is 1. The zero-order valence-electron chi connectivity index (χ0n) is 15.3. The fourth-order valence-electron chi connectivity index (χ4n) is 2.84. The minimum absolute atomic E-state index is 0.0859. The van der Waals surface area contributed by atoms with E-state index < -0.39 is 50.7 Å². The van der Waals surface area contributed by atoms with Gasteiger partial charge in [-0.15, -0.1) is 0 Å². The first-order chi connectivity index (χ1) is 14.0. The predicted molar refractivity (Wildman–Crippen MR) is 103 cm³/mol. The fraction of sp³-hybridized carbons (Fsp3) is 0.444. The molecule has 0 amide bonds. The van der Waals surface area contributed by atoms with Crippen LogP contribution < -0.4 is 20.3 Å². The third-order valence-electron chi connectivity index (χ3n) is 4.18. The quantitative estimate of drug-likeness (QED) is 0.169. The van der Waals surface area contributed by atoms with Crippen LogP contribution in [0.5, 0.6) is 0 Å². The number of aliphatic hydroxyl groups is 3. The Bertz CT molecular complexity index is 903. The van der Waals surface area contributed by atoms with Crippen LogP contribution in [0.1, 0.15) is 6.23 Å². The van der Waals surface area contributed by atoms with E-state index in [1.165, 1.54) is 10.6 Å². The molecule has 2 aromatic rings. The Balaban J connectivity index is 1.80. The maximum absolute atomic E-state index is 12.5. The van der Waals surface area contributed by atoms with Gasteiger partial charge < -0.3 is 0 Å². The molecule has 158 valence electrons. The van der Waals surface area contributed by atoms with Crippen LogP contribution in [0.3, 0.4) is 0 Å². The molecular formula is C18H22N2O8Se. The number of aromatic nitrogens is 2. The van der Waals surface area contributed by atoms with Gasteiger partial charge in [-0.25, -0.2) is 0 Å². The molecule has 0 radical (unpaired) electrons. The van der Waals surface area contributed by atoms with Gasteiger partial charge in [0.1, 0.15) is 0 Å². The summed E-state index contributed by atoms with van der Waals surface area (Å²) in [6.45, 7) is -0.239. The van der Waals surface area contributed by atoms with E-state index in [1.54, 1.807) is 0 Å². The molecular weight excluding hydrogens is 451 g/mol. The molecule has 10 nitrogen and oxygen atoms in total. The molecule has 0 unspecified atom stereocenters. The molecule has 2 heterocycles. The summed E-state index contributed by atoms with van der Waals surface area (Å²) >= 11 is -0.407. The number of nitrogens with one attached hydrogen (secondary N) is 1. The molecule has 1 aromatic carbocycles. The van der Waals surface area contributed by atoms with E-state index in [9.17, 15) is 19.8 Å². The first kappa shape index (κ1) is 21.9. The Hall–Kier alpha value is -1.82. The van der Waals surface area contributed by atoms with E-state index in [0.717, 1.165) is 4.46 Å². The predicted octanol–water partition coefficient (Wildman–Crippen LogP) is -3.21. The SMILES string of the molecule is O=c1cc([Se]c2ccccc2)n([C@@H]2O[C@H](COCOCCO)[C@@H](O)[C@H]2O)c(=O)[nH]1. The van der Waals surface area contributed by atoms with Crippen molar-refractivity contribution in [3.05, 3.63) is 57.2 Å². The molecule has 1 aliphatic heterocycles. The Morgan fingerprint density at radius 3 is 2.62 bits per heavy atom. The number of ether oxygens (including phenoxy) is 3. The van der Waals surface area contributed by atoms with Crippen molar-refractivity contribution < 1.29 is 29.5 Å². The summed E-state index contributed by atoms with van der Waals surface area (Å²) in [4.78, 5) is 26.5. The third-order valence-corrected chi connectivity index (χ3v) is 6.35. The van der Waals surface area contributed by atoms with E-state index >= 15 is 0 Å². The van der Waals surface area contributed by atoms with Crippen molar-refractivity contribution in [3.8, 4) is 0 Å². The topological polar surface area (TPSA) is 143 Å². The molecule has 4 atom stereocenters. The second kappa shape index (κ2) is 10.3. The summed E-state index contributed by atoms with van der Waals surface area (Å²) in [5, 5.41) is 29.4. The average molecular weight is 473 g/mol. The van der Waals surface area contributed by atoms with E-state index in [2.05, 4.69) is 4.98 Å². The molecule has 1 saturated heterocycles. The summed E-state index contributed by atoms with van der Waals surface area (Å²) in [5.74, 6) is 0. The van der Waals surface area contributed by atoms with Gasteiger partial charge in [0.25, 0.3) is 0 Å². The van der Waals surface area contributed by atoms with Crippen LogP contribution in [0.25, 0.3) is 0 Å². The number of hydrogen-bond donors (Lipinski definition) is 4. The normalized spacial score (nSPS) is 24.1. The van der Waals surface area contributed by atoms with Crippen molar-refractivity contribution in [2.24, 2.45) is 0 Å². The van der Waals surface area contributed by atoms with Crippen molar-refractivity contribution in [2.75, 3.05) is 26.6 Å². The number of aliphatic hydroxyl groups excluding tert-OH is 3. The van der Waals surface area contributed by atoms with Gasteiger partial charge in [-0.05, 0) is 0 Å². The minimum atomic E-state index is -1.39. The average Bonchev–Trinajstić information content (AvgIpc) is 2.97. The number of H-pyrrole nitrogens is 1. The molecule has 3 rings (SSSR count). The van der Waals surface area contributed by atoms with Crippen LogP contribution in [-0.4, -0.2) is 84.8 Å². The van der Waals surface area contributed by atoms with Crippen molar-refractivity contribution in [1.29, 1.82) is 0 Å². The first-order valence-corrected chi connectivity index (χ1v) is 10.6. The summed E-state index contributed by atoms with van der Waals surface area (Å²) in [6, 6.07) is 10.6. The summed E-state index contributed by atoms with van der Waals surface area (Å²) in [6.07, 6.45) is -4.77. The fourth-order valence-corrected chi connectivity index (χ4v) is 4.91. The zero-order valence-corrected chi connectivity index (χ0v) is 17.1. The number of rotatable bonds is 9. The standard InChI is InChI=1S/C18H22N2O8Se/c21-6-7-26-10-27-9-12-15(23)16(24)17(28-12)20-14(8-13(22)19-18(20)25)29-11-4-2-1-3-5-11/h1-5,8,12,15-17,21,23-24H,6-7,9-10H2,(H,19,22,25)/t12-,15-,16-,17-/m1/s1. The van der Waals surface area contributed by atoms with E-state index in [4.69, 9.17) is 19.3 Å². The molecule has 29 heavy (non-hydrogen) atoms. The summed E-state index contributed by atoms with van der Waals surface area (Å²) in [7, 11) is 0. The molecule has 0 saturated carbocycles. The van der Waals surface area contributed by atoms with Gasteiger partial charge in [-0.3, -0.25) is 0 Å². The molecule has 0 aliphatic carbocycles. The molecule has 0 spiro atoms. The van der Waals surface area contributed by atoms with Crippen molar-refractivity contribution in [2.45, 2.75) is 24.5 Å². The Kier molecular flexibility index (Phi) is 7.76. The van der Waals surface area contributed by atoms with E-state index in [1.807, 2.05) is 30.3 Å². The van der Waals surface area contributed by atoms with Gasteiger partial charge in [0.05, 0.1) is 0 Å². The van der Waals surface area contributed by atoms with Crippen LogP contribution in [0, 0.1) is 0 Å². The van der Waals surface area contributed by atoms with Gasteiger partial charge in [0, 0.05) is 0 Å². The Morgan fingerprint density at radius 1 is 1.14 bits per heavy atom. The zero-order chi connectivity index (χ0) is 20.8. The molecule has 11 heteroatoms. The third kappa shape index (κ3) is 5.41. The Morgan fingerprint density at radius 2 is 1.90 bits per heavy atom. The molecule has 1 aromatic heterocycles. The van der Waals surface area contributed by atoms with Crippen LogP contribution in [0.2, 0.25) is 0 Å². The summed E-state index contributed by atoms with van der Waals surface area (Å²) in [5.41, 5.74) is -1.28. The van der Waals surface area contributed by atoms with Crippen LogP contribution in [0.4, 0.5) is 0 Å².